The van der Waals surface area contributed by atoms with Crippen molar-refractivity contribution in [3.63, 3.8) is 0 Å². The lowest BCUT2D eigenvalue weighted by Gasteiger charge is -2.28. The van der Waals surface area contributed by atoms with Gasteiger partial charge in [0, 0.05) is 12.1 Å². The smallest absolute Gasteiger partial charge is 0.218 e. The van der Waals surface area contributed by atoms with Crippen LogP contribution >= 0.6 is 11.6 Å². The van der Waals surface area contributed by atoms with Gasteiger partial charge < -0.3 is 10.1 Å². The van der Waals surface area contributed by atoms with Gasteiger partial charge in [-0.05, 0) is 19.8 Å². The molecule has 2 rings (SSSR count). The van der Waals surface area contributed by atoms with Crippen LogP contribution in [-0.2, 0) is 0 Å². The molecule has 1 aliphatic rings. The lowest BCUT2D eigenvalue weighted by molar-refractivity contribution is 0.326. The van der Waals surface area contributed by atoms with Gasteiger partial charge in [-0.15, -0.1) is 11.6 Å². The van der Waals surface area contributed by atoms with Crippen molar-refractivity contribution in [2.45, 2.75) is 44.0 Å². The number of nitrogens with zero attached hydrogens (tertiary/aromatic N) is 2. The number of ether oxygens (including phenoxy) is 1. The fourth-order valence-electron chi connectivity index (χ4n) is 2.08. The summed E-state index contributed by atoms with van der Waals surface area (Å²) >= 11 is 6.30. The molecule has 0 saturated heterocycles. The van der Waals surface area contributed by atoms with Crippen molar-refractivity contribution in [3.8, 4) is 5.88 Å². The Labute approximate surface area is 107 Å². The molecule has 0 aromatic carbocycles. The Bertz CT molecular complexity index is 361. The molecule has 1 heterocycles. The first kappa shape index (κ1) is 12.4. The lowest BCUT2D eigenvalue weighted by atomic mass is 9.95. The number of halogens is 1. The average Bonchev–Trinajstić information content (AvgIpc) is 2.33. The summed E-state index contributed by atoms with van der Waals surface area (Å²) in [6.45, 7) is 2.54. The van der Waals surface area contributed by atoms with E-state index in [1.54, 1.807) is 0 Å². The van der Waals surface area contributed by atoms with Crippen LogP contribution < -0.4 is 10.1 Å². The summed E-state index contributed by atoms with van der Waals surface area (Å²) in [5.74, 6) is 1.40. The van der Waals surface area contributed by atoms with Gasteiger partial charge in [0.25, 0.3) is 0 Å². The normalized spacial score (nSPS) is 24.4. The molecule has 0 aliphatic heterocycles. The highest BCUT2D eigenvalue weighted by Crippen LogP contribution is 2.26. The van der Waals surface area contributed by atoms with Gasteiger partial charge in [0.05, 0.1) is 12.0 Å². The highest BCUT2D eigenvalue weighted by molar-refractivity contribution is 6.21. The topological polar surface area (TPSA) is 47.0 Å². The zero-order valence-electron chi connectivity index (χ0n) is 10.0. The average molecular weight is 256 g/mol. The molecule has 1 aromatic heterocycles. The molecule has 4 nitrogen and oxygen atoms in total. The Morgan fingerprint density at radius 3 is 3.00 bits per heavy atom. The van der Waals surface area contributed by atoms with E-state index in [-0.39, 0.29) is 5.38 Å². The molecule has 1 N–H and O–H groups in total. The third-order valence-electron chi connectivity index (χ3n) is 2.95. The van der Waals surface area contributed by atoms with Crippen LogP contribution in [0.5, 0.6) is 5.88 Å². The Kier molecular flexibility index (Phi) is 4.42. The Morgan fingerprint density at radius 1 is 1.41 bits per heavy atom. The zero-order valence-corrected chi connectivity index (χ0v) is 10.8. The van der Waals surface area contributed by atoms with Gasteiger partial charge in [-0.3, -0.25) is 0 Å². The van der Waals surface area contributed by atoms with Crippen LogP contribution in [-0.4, -0.2) is 28.0 Å². The zero-order chi connectivity index (χ0) is 12.1. The first-order valence-corrected chi connectivity index (χ1v) is 6.58. The van der Waals surface area contributed by atoms with E-state index < -0.39 is 0 Å². The number of hydrogen-bond acceptors (Lipinski definition) is 4. The van der Waals surface area contributed by atoms with Crippen molar-refractivity contribution in [1.29, 1.82) is 0 Å². The molecule has 0 bridgehead atoms. The summed E-state index contributed by atoms with van der Waals surface area (Å²) in [5.41, 5.74) is 0. The Hall–Kier alpha value is -1.03. The Morgan fingerprint density at radius 2 is 2.24 bits per heavy atom. The van der Waals surface area contributed by atoms with Gasteiger partial charge in [0.2, 0.25) is 5.88 Å². The second-order valence-electron chi connectivity index (χ2n) is 4.23. The van der Waals surface area contributed by atoms with Crippen molar-refractivity contribution >= 4 is 17.4 Å². The van der Waals surface area contributed by atoms with Gasteiger partial charge in [0.1, 0.15) is 12.1 Å². The molecule has 2 atom stereocenters. The molecule has 1 fully saturated rings. The number of nitrogens with one attached hydrogen (secondary N) is 1. The van der Waals surface area contributed by atoms with Crippen molar-refractivity contribution in [2.75, 3.05) is 11.9 Å². The predicted molar refractivity (Wildman–Crippen MR) is 68.7 cm³/mol. The fourth-order valence-corrected chi connectivity index (χ4v) is 2.43. The maximum Gasteiger partial charge on any atom is 0.218 e. The molecular formula is C12H18ClN3O. The van der Waals surface area contributed by atoms with Gasteiger partial charge in [0.15, 0.2) is 0 Å². The minimum Gasteiger partial charge on any atom is -0.478 e. The van der Waals surface area contributed by atoms with E-state index >= 15 is 0 Å². The highest BCUT2D eigenvalue weighted by atomic mass is 35.5. The SMILES string of the molecule is CCOc1cc(NC2CCCCC2Cl)ncn1. The molecule has 5 heteroatoms. The van der Waals surface area contributed by atoms with E-state index in [4.69, 9.17) is 16.3 Å². The summed E-state index contributed by atoms with van der Waals surface area (Å²) < 4.78 is 5.34. The summed E-state index contributed by atoms with van der Waals surface area (Å²) in [7, 11) is 0. The quantitative estimate of drug-likeness (QED) is 0.841. The number of anilines is 1. The lowest BCUT2D eigenvalue weighted by Crippen LogP contribution is -2.33. The minimum absolute atomic E-state index is 0.189. The van der Waals surface area contributed by atoms with Crippen LogP contribution in [0.25, 0.3) is 0 Å². The van der Waals surface area contributed by atoms with Crippen LogP contribution in [0.3, 0.4) is 0 Å². The van der Waals surface area contributed by atoms with E-state index in [9.17, 15) is 0 Å². The van der Waals surface area contributed by atoms with Crippen LogP contribution in [0.15, 0.2) is 12.4 Å². The van der Waals surface area contributed by atoms with Crippen molar-refractivity contribution < 1.29 is 4.74 Å². The second-order valence-corrected chi connectivity index (χ2v) is 4.79. The van der Waals surface area contributed by atoms with Gasteiger partial charge in [-0.2, -0.15) is 0 Å². The molecule has 0 radical (unpaired) electrons. The van der Waals surface area contributed by atoms with E-state index in [0.717, 1.165) is 18.7 Å². The van der Waals surface area contributed by atoms with Gasteiger partial charge in [-0.25, -0.2) is 9.97 Å². The molecule has 1 aromatic rings. The summed E-state index contributed by atoms with van der Waals surface area (Å²) in [6.07, 6.45) is 6.13. The third-order valence-corrected chi connectivity index (χ3v) is 3.47. The number of alkyl halides is 1. The molecular weight excluding hydrogens is 238 g/mol. The molecule has 2 unspecified atom stereocenters. The Balaban J connectivity index is 1.99. The number of aromatic nitrogens is 2. The maximum absolute atomic E-state index is 6.30. The molecule has 17 heavy (non-hydrogen) atoms. The van der Waals surface area contributed by atoms with E-state index in [2.05, 4.69) is 15.3 Å². The maximum atomic E-state index is 6.30. The van der Waals surface area contributed by atoms with Gasteiger partial charge >= 0.3 is 0 Å². The van der Waals surface area contributed by atoms with Crippen LogP contribution in [0.2, 0.25) is 0 Å². The van der Waals surface area contributed by atoms with Crippen molar-refractivity contribution in [2.24, 2.45) is 0 Å². The number of rotatable bonds is 4. The first-order chi connectivity index (χ1) is 8.29. The number of hydrogen-bond donors (Lipinski definition) is 1. The van der Waals surface area contributed by atoms with Crippen molar-refractivity contribution in [3.05, 3.63) is 12.4 Å². The van der Waals surface area contributed by atoms with E-state index in [0.29, 0.717) is 18.5 Å². The summed E-state index contributed by atoms with van der Waals surface area (Å²) in [5, 5.41) is 3.56. The largest absolute Gasteiger partial charge is 0.478 e. The summed E-state index contributed by atoms with van der Waals surface area (Å²) in [4.78, 5) is 8.22. The molecule has 94 valence electrons. The minimum atomic E-state index is 0.189. The second kappa shape index (κ2) is 6.05. The van der Waals surface area contributed by atoms with E-state index in [1.165, 1.54) is 19.2 Å². The van der Waals surface area contributed by atoms with Crippen LogP contribution in [0.4, 0.5) is 5.82 Å². The molecule has 1 aliphatic carbocycles. The molecule has 1 saturated carbocycles. The van der Waals surface area contributed by atoms with Crippen molar-refractivity contribution in [1.82, 2.24) is 9.97 Å². The first-order valence-electron chi connectivity index (χ1n) is 6.15. The fraction of sp³-hybridized carbons (Fsp3) is 0.667. The monoisotopic (exact) mass is 255 g/mol. The molecule has 0 spiro atoms. The van der Waals surface area contributed by atoms with Crippen LogP contribution in [0, 0.1) is 0 Å². The van der Waals surface area contributed by atoms with Gasteiger partial charge in [-0.1, -0.05) is 12.8 Å². The summed E-state index contributed by atoms with van der Waals surface area (Å²) in [6, 6.07) is 2.12. The highest BCUT2D eigenvalue weighted by Gasteiger charge is 2.23. The standard InChI is InChI=1S/C12H18ClN3O/c1-2-17-12-7-11(14-8-15-12)16-10-6-4-3-5-9(10)13/h7-10H,2-6H2,1H3,(H,14,15,16). The predicted octanol–water partition coefficient (Wildman–Crippen LogP) is 2.84. The van der Waals surface area contributed by atoms with Crippen LogP contribution in [0.1, 0.15) is 32.6 Å². The third kappa shape index (κ3) is 3.46. The molecule has 0 amide bonds. The van der Waals surface area contributed by atoms with E-state index in [1.807, 2.05) is 13.0 Å².